The molecular formula is C12H14N2O. The molecule has 0 radical (unpaired) electrons. The quantitative estimate of drug-likeness (QED) is 0.740. The van der Waals surface area contributed by atoms with Gasteiger partial charge < -0.3 is 15.0 Å². The van der Waals surface area contributed by atoms with Crippen molar-refractivity contribution in [3.8, 4) is 0 Å². The lowest BCUT2D eigenvalue weighted by atomic mass is 10.1. The van der Waals surface area contributed by atoms with Crippen LogP contribution in [0, 0.1) is 0 Å². The van der Waals surface area contributed by atoms with Gasteiger partial charge in [0.1, 0.15) is 0 Å². The summed E-state index contributed by atoms with van der Waals surface area (Å²) in [6.45, 7) is 2.52. The lowest BCUT2D eigenvalue weighted by Crippen LogP contribution is -2.34. The van der Waals surface area contributed by atoms with Gasteiger partial charge >= 0.3 is 0 Å². The smallest absolute Gasteiger partial charge is 0.0662 e. The number of hydrogen-bond donors (Lipinski definition) is 2. The summed E-state index contributed by atoms with van der Waals surface area (Å²) in [5, 5.41) is 4.76. The van der Waals surface area contributed by atoms with Gasteiger partial charge in [-0.3, -0.25) is 0 Å². The summed E-state index contributed by atoms with van der Waals surface area (Å²) in [6.07, 6.45) is 2.08. The van der Waals surface area contributed by atoms with Gasteiger partial charge in [0.25, 0.3) is 0 Å². The Bertz CT molecular complexity index is 457. The van der Waals surface area contributed by atoms with Crippen LogP contribution in [0.5, 0.6) is 0 Å². The number of nitrogens with one attached hydrogen (secondary N) is 2. The van der Waals surface area contributed by atoms with Crippen molar-refractivity contribution in [2.75, 3.05) is 19.8 Å². The summed E-state index contributed by atoms with van der Waals surface area (Å²) in [5.74, 6) is 0. The molecule has 0 bridgehead atoms. The fourth-order valence-electron chi connectivity index (χ4n) is 2.15. The minimum absolute atomic E-state index is 0.329. The summed E-state index contributed by atoms with van der Waals surface area (Å²) in [4.78, 5) is 3.29. The number of aromatic amines is 1. The Morgan fingerprint density at radius 2 is 2.20 bits per heavy atom. The number of para-hydroxylation sites is 1. The molecule has 2 aromatic rings. The molecule has 1 atom stereocenters. The SMILES string of the molecule is c1ccc2c(C3COCCN3)c[nH]c2c1. The Morgan fingerprint density at radius 1 is 1.27 bits per heavy atom. The van der Waals surface area contributed by atoms with Crippen molar-refractivity contribution < 1.29 is 4.74 Å². The van der Waals surface area contributed by atoms with Crippen molar-refractivity contribution >= 4 is 10.9 Å². The van der Waals surface area contributed by atoms with Gasteiger partial charge in [-0.15, -0.1) is 0 Å². The second-order valence-electron chi connectivity index (χ2n) is 3.87. The zero-order valence-electron chi connectivity index (χ0n) is 8.49. The average Bonchev–Trinajstić information content (AvgIpc) is 2.74. The molecule has 2 N–H and O–H groups in total. The highest BCUT2D eigenvalue weighted by Crippen LogP contribution is 2.24. The van der Waals surface area contributed by atoms with Crippen molar-refractivity contribution in [2.24, 2.45) is 0 Å². The van der Waals surface area contributed by atoms with E-state index in [1.165, 1.54) is 16.5 Å². The van der Waals surface area contributed by atoms with Gasteiger partial charge in [0.2, 0.25) is 0 Å². The maximum Gasteiger partial charge on any atom is 0.0662 e. The highest BCUT2D eigenvalue weighted by atomic mass is 16.5. The highest BCUT2D eigenvalue weighted by molar-refractivity contribution is 5.83. The normalized spacial score (nSPS) is 22.0. The number of H-pyrrole nitrogens is 1. The molecule has 3 rings (SSSR count). The predicted molar refractivity (Wildman–Crippen MR) is 59.9 cm³/mol. The van der Waals surface area contributed by atoms with Crippen molar-refractivity contribution in [1.82, 2.24) is 10.3 Å². The molecule has 1 aliphatic rings. The first-order chi connectivity index (χ1) is 7.45. The van der Waals surface area contributed by atoms with Crippen molar-refractivity contribution in [3.05, 3.63) is 36.0 Å². The zero-order valence-corrected chi connectivity index (χ0v) is 8.49. The Labute approximate surface area is 88.4 Å². The Hall–Kier alpha value is -1.32. The fourth-order valence-corrected chi connectivity index (χ4v) is 2.15. The monoisotopic (exact) mass is 202 g/mol. The maximum atomic E-state index is 5.48. The van der Waals surface area contributed by atoms with E-state index in [4.69, 9.17) is 4.74 Å². The van der Waals surface area contributed by atoms with Gasteiger partial charge in [-0.25, -0.2) is 0 Å². The summed E-state index contributed by atoms with van der Waals surface area (Å²) >= 11 is 0. The summed E-state index contributed by atoms with van der Waals surface area (Å²) in [5.41, 5.74) is 2.50. The second-order valence-corrected chi connectivity index (χ2v) is 3.87. The zero-order chi connectivity index (χ0) is 10.1. The molecule has 1 fully saturated rings. The molecule has 1 aromatic heterocycles. The summed E-state index contributed by atoms with van der Waals surface area (Å²) < 4.78 is 5.48. The van der Waals surface area contributed by atoms with Crippen LogP contribution in [0.1, 0.15) is 11.6 Å². The minimum atomic E-state index is 0.329. The molecule has 1 saturated heterocycles. The third-order valence-electron chi connectivity index (χ3n) is 2.92. The largest absolute Gasteiger partial charge is 0.378 e. The van der Waals surface area contributed by atoms with Crippen LogP contribution in [0.2, 0.25) is 0 Å². The van der Waals surface area contributed by atoms with E-state index >= 15 is 0 Å². The number of aromatic nitrogens is 1. The van der Waals surface area contributed by atoms with Gasteiger partial charge in [0.15, 0.2) is 0 Å². The standard InChI is InChI=1S/C12H14N2O/c1-2-4-11-9(3-1)10(7-14-11)12-8-15-6-5-13-12/h1-4,7,12-14H,5-6,8H2. The van der Waals surface area contributed by atoms with Gasteiger partial charge in [-0.2, -0.15) is 0 Å². The molecule has 78 valence electrons. The van der Waals surface area contributed by atoms with Crippen LogP contribution in [0.15, 0.2) is 30.5 Å². The van der Waals surface area contributed by atoms with Crippen LogP contribution >= 0.6 is 0 Å². The van der Waals surface area contributed by atoms with E-state index in [2.05, 4.69) is 34.7 Å². The first kappa shape index (κ1) is 8.95. The fraction of sp³-hybridized carbons (Fsp3) is 0.333. The van der Waals surface area contributed by atoms with Gasteiger partial charge in [0.05, 0.1) is 19.3 Å². The van der Waals surface area contributed by atoms with E-state index in [1.54, 1.807) is 0 Å². The number of ether oxygens (including phenoxy) is 1. The van der Waals surface area contributed by atoms with Crippen LogP contribution < -0.4 is 5.32 Å². The van der Waals surface area contributed by atoms with Crippen molar-refractivity contribution in [1.29, 1.82) is 0 Å². The molecule has 15 heavy (non-hydrogen) atoms. The molecule has 2 heterocycles. The summed E-state index contributed by atoms with van der Waals surface area (Å²) in [6, 6.07) is 8.70. The van der Waals surface area contributed by atoms with E-state index in [0.717, 1.165) is 19.8 Å². The van der Waals surface area contributed by atoms with E-state index in [9.17, 15) is 0 Å². The third kappa shape index (κ3) is 1.54. The van der Waals surface area contributed by atoms with Crippen molar-refractivity contribution in [3.63, 3.8) is 0 Å². The van der Waals surface area contributed by atoms with Gasteiger partial charge in [0, 0.05) is 23.6 Å². The van der Waals surface area contributed by atoms with E-state index in [-0.39, 0.29) is 0 Å². The molecule has 1 unspecified atom stereocenters. The molecule has 0 saturated carbocycles. The molecular weight excluding hydrogens is 188 g/mol. The first-order valence-corrected chi connectivity index (χ1v) is 5.32. The molecule has 1 aliphatic heterocycles. The number of hydrogen-bond acceptors (Lipinski definition) is 2. The molecule has 0 spiro atoms. The van der Waals surface area contributed by atoms with E-state index in [1.807, 2.05) is 6.07 Å². The van der Waals surface area contributed by atoms with Crippen LogP contribution in [0.25, 0.3) is 10.9 Å². The van der Waals surface area contributed by atoms with Crippen molar-refractivity contribution in [2.45, 2.75) is 6.04 Å². The Morgan fingerprint density at radius 3 is 3.07 bits per heavy atom. The average molecular weight is 202 g/mol. The highest BCUT2D eigenvalue weighted by Gasteiger charge is 2.17. The van der Waals surface area contributed by atoms with Gasteiger partial charge in [-0.1, -0.05) is 18.2 Å². The number of fused-ring (bicyclic) bond motifs is 1. The number of rotatable bonds is 1. The first-order valence-electron chi connectivity index (χ1n) is 5.32. The van der Waals surface area contributed by atoms with Crippen LogP contribution in [0.4, 0.5) is 0 Å². The topological polar surface area (TPSA) is 37.0 Å². The Kier molecular flexibility index (Phi) is 2.19. The molecule has 3 heteroatoms. The van der Waals surface area contributed by atoms with E-state index in [0.29, 0.717) is 6.04 Å². The predicted octanol–water partition coefficient (Wildman–Crippen LogP) is 1.83. The van der Waals surface area contributed by atoms with E-state index < -0.39 is 0 Å². The van der Waals surface area contributed by atoms with Gasteiger partial charge in [-0.05, 0) is 11.6 Å². The van der Waals surface area contributed by atoms with Crippen LogP contribution in [-0.2, 0) is 4.74 Å². The molecule has 0 aliphatic carbocycles. The molecule has 0 amide bonds. The third-order valence-corrected chi connectivity index (χ3v) is 2.92. The van der Waals surface area contributed by atoms with Crippen LogP contribution in [0.3, 0.4) is 0 Å². The summed E-state index contributed by atoms with van der Waals surface area (Å²) in [7, 11) is 0. The Balaban J connectivity index is 2.02. The maximum absolute atomic E-state index is 5.48. The van der Waals surface area contributed by atoms with Crippen LogP contribution in [-0.4, -0.2) is 24.7 Å². The molecule has 3 nitrogen and oxygen atoms in total. The molecule has 1 aromatic carbocycles. The lowest BCUT2D eigenvalue weighted by Gasteiger charge is -2.23. The lowest BCUT2D eigenvalue weighted by molar-refractivity contribution is 0.0773. The number of morpholine rings is 1. The minimum Gasteiger partial charge on any atom is -0.378 e. The second kappa shape index (κ2) is 3.68. The number of benzene rings is 1.